The van der Waals surface area contributed by atoms with Crippen LogP contribution in [0.1, 0.15) is 10.4 Å². The highest BCUT2D eigenvalue weighted by molar-refractivity contribution is 5.88. The summed E-state index contributed by atoms with van der Waals surface area (Å²) in [4.78, 5) is 14.4. The number of nitrogens with zero attached hydrogens (tertiary/aromatic N) is 1. The van der Waals surface area contributed by atoms with E-state index in [1.54, 1.807) is 6.07 Å². The molecule has 0 bridgehead atoms. The number of esters is 1. The topological polar surface area (TPSA) is 39.2 Å². The average molecular weight is 136 g/mol. The first kappa shape index (κ1) is 6.74. The van der Waals surface area contributed by atoms with Gasteiger partial charge < -0.3 is 4.74 Å². The zero-order valence-corrected chi connectivity index (χ0v) is 5.50. The summed E-state index contributed by atoms with van der Waals surface area (Å²) in [6.07, 6.45) is 2.94. The highest BCUT2D eigenvalue weighted by Crippen LogP contribution is 1.95. The Morgan fingerprint density at radius 3 is 3.10 bits per heavy atom. The average Bonchev–Trinajstić information content (AvgIpc) is 2.05. The van der Waals surface area contributed by atoms with E-state index >= 15 is 0 Å². The fourth-order valence-electron chi connectivity index (χ4n) is 0.552. The molecule has 3 heteroatoms. The third-order valence-electron chi connectivity index (χ3n) is 1.03. The molecule has 0 spiro atoms. The minimum atomic E-state index is -0.387. The van der Waals surface area contributed by atoms with E-state index < -0.39 is 0 Å². The van der Waals surface area contributed by atoms with Crippen LogP contribution in [0.4, 0.5) is 0 Å². The maximum absolute atomic E-state index is 10.7. The van der Waals surface area contributed by atoms with Crippen LogP contribution in [0.25, 0.3) is 0 Å². The van der Waals surface area contributed by atoms with E-state index in [1.807, 2.05) is 0 Å². The largest absolute Gasteiger partial charge is 0.465 e. The van der Waals surface area contributed by atoms with Gasteiger partial charge in [0.1, 0.15) is 0 Å². The van der Waals surface area contributed by atoms with E-state index in [0.29, 0.717) is 5.56 Å². The number of carbonyl (C=O) groups excluding carboxylic acids is 1. The van der Waals surface area contributed by atoms with Crippen LogP contribution in [-0.4, -0.2) is 18.1 Å². The van der Waals surface area contributed by atoms with Crippen LogP contribution >= 0.6 is 0 Å². The molecule has 10 heavy (non-hydrogen) atoms. The predicted molar refractivity (Wildman–Crippen MR) is 34.4 cm³/mol. The monoisotopic (exact) mass is 136 g/mol. The quantitative estimate of drug-likeness (QED) is 0.532. The number of methoxy groups -OCH3 is 1. The first-order valence-electron chi connectivity index (χ1n) is 2.74. The van der Waals surface area contributed by atoms with Crippen LogP contribution in [0.2, 0.25) is 0 Å². The molecule has 0 saturated heterocycles. The molecule has 0 unspecified atom stereocenters. The minimum absolute atomic E-state index is 0.387. The minimum Gasteiger partial charge on any atom is -0.465 e. The summed E-state index contributed by atoms with van der Waals surface area (Å²) >= 11 is 0. The second kappa shape index (κ2) is 2.96. The van der Waals surface area contributed by atoms with Gasteiger partial charge in [-0.25, -0.2) is 4.79 Å². The molecule has 1 aromatic rings. The van der Waals surface area contributed by atoms with Crippen LogP contribution in [0, 0.1) is 6.07 Å². The molecule has 1 rings (SSSR count). The third-order valence-corrected chi connectivity index (χ3v) is 1.03. The molecule has 0 aliphatic heterocycles. The number of rotatable bonds is 1. The van der Waals surface area contributed by atoms with E-state index in [-0.39, 0.29) is 5.97 Å². The van der Waals surface area contributed by atoms with Crippen molar-refractivity contribution < 1.29 is 9.53 Å². The predicted octanol–water partition coefficient (Wildman–Crippen LogP) is 0.668. The fraction of sp³-hybridized carbons (Fsp3) is 0.143. The Balaban J connectivity index is 2.85. The Kier molecular flexibility index (Phi) is 1.99. The van der Waals surface area contributed by atoms with E-state index in [0.717, 1.165) is 0 Å². The molecule has 0 amide bonds. The summed E-state index contributed by atoms with van der Waals surface area (Å²) in [5.41, 5.74) is 0.400. The molecule has 0 atom stereocenters. The Morgan fingerprint density at radius 1 is 1.80 bits per heavy atom. The molecule has 0 saturated carbocycles. The highest BCUT2D eigenvalue weighted by atomic mass is 16.5. The number of hydrogen-bond acceptors (Lipinski definition) is 3. The van der Waals surface area contributed by atoms with Gasteiger partial charge in [0.25, 0.3) is 0 Å². The number of pyridine rings is 1. The summed E-state index contributed by atoms with van der Waals surface area (Å²) in [6, 6.07) is 4.18. The number of ether oxygens (including phenoxy) is 1. The van der Waals surface area contributed by atoms with Crippen molar-refractivity contribution in [2.75, 3.05) is 7.11 Å². The lowest BCUT2D eigenvalue weighted by Gasteiger charge is -1.94. The van der Waals surface area contributed by atoms with E-state index in [4.69, 9.17) is 0 Å². The molecule has 51 valence electrons. The molecule has 1 radical (unpaired) electrons. The van der Waals surface area contributed by atoms with Gasteiger partial charge in [-0.15, -0.1) is 0 Å². The maximum atomic E-state index is 10.7. The molecular weight excluding hydrogens is 130 g/mol. The smallest absolute Gasteiger partial charge is 0.338 e. The molecule has 0 fully saturated rings. The van der Waals surface area contributed by atoms with E-state index in [1.165, 1.54) is 19.5 Å². The lowest BCUT2D eigenvalue weighted by molar-refractivity contribution is 0.0600. The van der Waals surface area contributed by atoms with Crippen molar-refractivity contribution in [2.45, 2.75) is 0 Å². The van der Waals surface area contributed by atoms with Gasteiger partial charge in [0.2, 0.25) is 0 Å². The SMILES string of the molecule is COC(=O)c1[c]cncc1. The Hall–Kier alpha value is -1.38. The number of aromatic nitrogens is 1. The van der Waals surface area contributed by atoms with Gasteiger partial charge in [-0.05, 0) is 6.07 Å². The van der Waals surface area contributed by atoms with Crippen molar-refractivity contribution in [3.8, 4) is 0 Å². The molecule has 0 N–H and O–H groups in total. The summed E-state index contributed by atoms with van der Waals surface area (Å²) in [5, 5.41) is 0. The highest BCUT2D eigenvalue weighted by Gasteiger charge is 2.01. The van der Waals surface area contributed by atoms with Gasteiger partial charge in [0.15, 0.2) is 0 Å². The second-order valence-corrected chi connectivity index (χ2v) is 1.64. The molecule has 0 aliphatic carbocycles. The Morgan fingerprint density at radius 2 is 2.60 bits per heavy atom. The van der Waals surface area contributed by atoms with Gasteiger partial charge in [0.05, 0.1) is 12.7 Å². The molecule has 1 heterocycles. The zero-order valence-electron chi connectivity index (χ0n) is 5.50. The molecular formula is C7H6NO2. The van der Waals surface area contributed by atoms with Crippen molar-refractivity contribution in [1.29, 1.82) is 0 Å². The first-order valence-corrected chi connectivity index (χ1v) is 2.74. The van der Waals surface area contributed by atoms with Crippen molar-refractivity contribution in [2.24, 2.45) is 0 Å². The summed E-state index contributed by atoms with van der Waals surface area (Å²) in [6.45, 7) is 0. The maximum Gasteiger partial charge on any atom is 0.338 e. The lowest BCUT2D eigenvalue weighted by Crippen LogP contribution is -2.00. The lowest BCUT2D eigenvalue weighted by atomic mass is 10.3. The zero-order chi connectivity index (χ0) is 7.40. The summed E-state index contributed by atoms with van der Waals surface area (Å²) in [7, 11) is 1.33. The van der Waals surface area contributed by atoms with Crippen molar-refractivity contribution >= 4 is 5.97 Å². The van der Waals surface area contributed by atoms with Crippen molar-refractivity contribution in [3.63, 3.8) is 0 Å². The number of hydrogen-bond donors (Lipinski definition) is 0. The van der Waals surface area contributed by atoms with Gasteiger partial charge in [0, 0.05) is 18.5 Å². The van der Waals surface area contributed by atoms with Crippen LogP contribution in [-0.2, 0) is 4.74 Å². The van der Waals surface area contributed by atoms with Crippen LogP contribution < -0.4 is 0 Å². The first-order chi connectivity index (χ1) is 4.84. The van der Waals surface area contributed by atoms with E-state index in [9.17, 15) is 4.79 Å². The van der Waals surface area contributed by atoms with Crippen LogP contribution in [0.5, 0.6) is 0 Å². The Bertz CT molecular complexity index is 220. The van der Waals surface area contributed by atoms with Gasteiger partial charge in [-0.2, -0.15) is 0 Å². The number of carbonyl (C=O) groups is 1. The van der Waals surface area contributed by atoms with Crippen LogP contribution in [0.3, 0.4) is 0 Å². The van der Waals surface area contributed by atoms with Crippen molar-refractivity contribution in [1.82, 2.24) is 4.98 Å². The van der Waals surface area contributed by atoms with Gasteiger partial charge in [-0.1, -0.05) is 0 Å². The molecule has 3 nitrogen and oxygen atoms in total. The van der Waals surface area contributed by atoms with Crippen molar-refractivity contribution in [3.05, 3.63) is 30.1 Å². The Labute approximate surface area is 58.7 Å². The van der Waals surface area contributed by atoms with Gasteiger partial charge >= 0.3 is 5.97 Å². The second-order valence-electron chi connectivity index (χ2n) is 1.64. The molecule has 0 aliphatic rings. The normalized spacial score (nSPS) is 8.90. The molecule has 0 aromatic carbocycles. The summed E-state index contributed by atoms with van der Waals surface area (Å²) in [5.74, 6) is -0.387. The molecule has 1 aromatic heterocycles. The summed E-state index contributed by atoms with van der Waals surface area (Å²) < 4.78 is 4.44. The third kappa shape index (κ3) is 1.31. The fourth-order valence-corrected chi connectivity index (χ4v) is 0.552. The van der Waals surface area contributed by atoms with E-state index in [2.05, 4.69) is 15.8 Å². The standard InChI is InChI=1S/C7H6NO2/c1-10-7(9)6-2-4-8-5-3-6/h2,4-5H,1H3. The van der Waals surface area contributed by atoms with Crippen LogP contribution in [0.15, 0.2) is 18.5 Å². The van der Waals surface area contributed by atoms with Gasteiger partial charge in [-0.3, -0.25) is 4.98 Å².